The fourth-order valence-electron chi connectivity index (χ4n) is 3.71. The van der Waals surface area contributed by atoms with Crippen molar-refractivity contribution in [2.45, 2.75) is 63.8 Å². The maximum Gasteiger partial charge on any atom is 0.0707 e. The molecule has 0 radical (unpaired) electrons. The van der Waals surface area contributed by atoms with Gasteiger partial charge in [0.1, 0.15) is 0 Å². The summed E-state index contributed by atoms with van der Waals surface area (Å²) in [5, 5.41) is 0. The molecule has 0 amide bonds. The number of hydrogen-bond donors (Lipinski definition) is 0. The van der Waals surface area contributed by atoms with E-state index in [1.807, 2.05) is 0 Å². The molecule has 1 heteroatoms. The van der Waals surface area contributed by atoms with Crippen LogP contribution in [0, 0.1) is 11.8 Å². The summed E-state index contributed by atoms with van der Waals surface area (Å²) in [7, 11) is 0. The van der Waals surface area contributed by atoms with Crippen LogP contribution >= 0.6 is 0 Å². The van der Waals surface area contributed by atoms with Gasteiger partial charge >= 0.3 is 0 Å². The molecule has 0 spiro atoms. The highest BCUT2D eigenvalue weighted by Crippen LogP contribution is 2.34. The molecule has 0 aromatic heterocycles. The molecule has 0 bridgehead atoms. The predicted octanol–water partition coefficient (Wildman–Crippen LogP) is 4.14. The average molecular weight is 217 g/mol. The summed E-state index contributed by atoms with van der Waals surface area (Å²) in [4.78, 5) is 5.08. The van der Waals surface area contributed by atoms with Gasteiger partial charge in [0.15, 0.2) is 0 Å². The van der Waals surface area contributed by atoms with Crippen molar-refractivity contribution in [3.63, 3.8) is 0 Å². The Labute approximate surface area is 99.0 Å². The van der Waals surface area contributed by atoms with Gasteiger partial charge in [-0.1, -0.05) is 37.8 Å². The average Bonchev–Trinajstić information content (AvgIpc) is 3.03. The molecule has 0 aromatic rings. The third-order valence-electron chi connectivity index (χ3n) is 4.68. The van der Waals surface area contributed by atoms with E-state index in [2.05, 4.69) is 12.2 Å². The van der Waals surface area contributed by atoms with E-state index >= 15 is 0 Å². The molecule has 1 aliphatic heterocycles. The monoisotopic (exact) mass is 217 g/mol. The first-order valence-corrected chi connectivity index (χ1v) is 7.17. The molecular weight excluding hydrogens is 194 g/mol. The summed E-state index contributed by atoms with van der Waals surface area (Å²) in [6, 6.07) is 0.548. The normalized spacial score (nSPS) is 32.2. The largest absolute Gasteiger partial charge is 0.286 e. The molecule has 16 heavy (non-hydrogen) atoms. The van der Waals surface area contributed by atoms with Gasteiger partial charge < -0.3 is 0 Å². The molecule has 1 atom stereocenters. The van der Waals surface area contributed by atoms with Gasteiger partial charge in [-0.15, -0.1) is 0 Å². The summed E-state index contributed by atoms with van der Waals surface area (Å²) in [5.41, 5.74) is 1.54. The predicted molar refractivity (Wildman–Crippen MR) is 68.9 cm³/mol. The fraction of sp³-hybridized carbons (Fsp3) is 0.800. The van der Waals surface area contributed by atoms with E-state index in [1.54, 1.807) is 0 Å². The molecule has 1 heterocycles. The summed E-state index contributed by atoms with van der Waals surface area (Å²) in [6.07, 6.45) is 17.3. The van der Waals surface area contributed by atoms with Crippen molar-refractivity contribution in [2.24, 2.45) is 16.8 Å². The van der Waals surface area contributed by atoms with Crippen molar-refractivity contribution in [3.05, 3.63) is 12.2 Å². The second kappa shape index (κ2) is 4.73. The zero-order valence-corrected chi connectivity index (χ0v) is 10.2. The van der Waals surface area contributed by atoms with Crippen LogP contribution in [0.5, 0.6) is 0 Å². The number of hydrogen-bond acceptors (Lipinski definition) is 1. The lowest BCUT2D eigenvalue weighted by atomic mass is 9.91. The van der Waals surface area contributed by atoms with Crippen molar-refractivity contribution >= 4 is 5.71 Å². The van der Waals surface area contributed by atoms with Crippen LogP contribution in [0.15, 0.2) is 17.1 Å². The Bertz CT molecular complexity index is 291. The van der Waals surface area contributed by atoms with Gasteiger partial charge in [0.25, 0.3) is 0 Å². The third-order valence-corrected chi connectivity index (χ3v) is 4.68. The van der Waals surface area contributed by atoms with Gasteiger partial charge in [0.05, 0.1) is 6.04 Å². The first-order valence-electron chi connectivity index (χ1n) is 7.17. The minimum absolute atomic E-state index is 0.548. The standard InChI is InChI=1S/C15H23N/c1-2-7-12(6-1)14-10-5-11-15(16-14)13-8-3-4-9-13/h5,10,12-14H,1-4,6-9,11H2. The van der Waals surface area contributed by atoms with Crippen molar-refractivity contribution in [1.82, 2.24) is 0 Å². The van der Waals surface area contributed by atoms with Gasteiger partial charge in [0.2, 0.25) is 0 Å². The first-order chi connectivity index (χ1) is 7.93. The summed E-state index contributed by atoms with van der Waals surface area (Å²) in [6.45, 7) is 0. The molecule has 2 saturated carbocycles. The van der Waals surface area contributed by atoms with E-state index in [-0.39, 0.29) is 0 Å². The van der Waals surface area contributed by atoms with Gasteiger partial charge in [0, 0.05) is 12.1 Å². The molecule has 0 N–H and O–H groups in total. The highest BCUT2D eigenvalue weighted by Gasteiger charge is 2.27. The van der Waals surface area contributed by atoms with E-state index in [9.17, 15) is 0 Å². The molecule has 2 aliphatic carbocycles. The minimum Gasteiger partial charge on any atom is -0.286 e. The van der Waals surface area contributed by atoms with Crippen molar-refractivity contribution in [1.29, 1.82) is 0 Å². The number of dihydropyridines is 1. The Morgan fingerprint density at radius 2 is 1.62 bits per heavy atom. The van der Waals surface area contributed by atoms with E-state index in [0.717, 1.165) is 18.3 Å². The number of aliphatic imine (C=N–C) groups is 1. The summed E-state index contributed by atoms with van der Waals surface area (Å²) >= 11 is 0. The number of rotatable bonds is 2. The van der Waals surface area contributed by atoms with Crippen molar-refractivity contribution in [3.8, 4) is 0 Å². The third kappa shape index (κ3) is 2.09. The van der Waals surface area contributed by atoms with Gasteiger partial charge in [-0.3, -0.25) is 4.99 Å². The highest BCUT2D eigenvalue weighted by molar-refractivity contribution is 5.89. The quantitative estimate of drug-likeness (QED) is 0.616. The summed E-state index contributed by atoms with van der Waals surface area (Å²) < 4.78 is 0. The Morgan fingerprint density at radius 3 is 2.38 bits per heavy atom. The topological polar surface area (TPSA) is 12.4 Å². The van der Waals surface area contributed by atoms with Crippen LogP contribution < -0.4 is 0 Å². The van der Waals surface area contributed by atoms with Crippen LogP contribution in [0.4, 0.5) is 0 Å². The molecule has 0 saturated heterocycles. The fourth-order valence-corrected chi connectivity index (χ4v) is 3.71. The van der Waals surface area contributed by atoms with Crippen LogP contribution in [-0.2, 0) is 0 Å². The van der Waals surface area contributed by atoms with Gasteiger partial charge in [-0.2, -0.15) is 0 Å². The van der Waals surface area contributed by atoms with Crippen LogP contribution in [0.1, 0.15) is 57.8 Å². The van der Waals surface area contributed by atoms with E-state index in [0.29, 0.717) is 6.04 Å². The molecule has 2 fully saturated rings. The van der Waals surface area contributed by atoms with Crippen LogP contribution in [0.2, 0.25) is 0 Å². The highest BCUT2D eigenvalue weighted by atomic mass is 14.8. The smallest absolute Gasteiger partial charge is 0.0707 e. The second-order valence-electron chi connectivity index (χ2n) is 5.77. The Hall–Kier alpha value is -0.590. The van der Waals surface area contributed by atoms with E-state index in [4.69, 9.17) is 4.99 Å². The zero-order valence-electron chi connectivity index (χ0n) is 10.2. The van der Waals surface area contributed by atoms with Crippen molar-refractivity contribution in [2.75, 3.05) is 0 Å². The molecular formula is C15H23N. The summed E-state index contributed by atoms with van der Waals surface area (Å²) in [5.74, 6) is 1.71. The number of nitrogens with zero attached hydrogens (tertiary/aromatic N) is 1. The van der Waals surface area contributed by atoms with Crippen molar-refractivity contribution < 1.29 is 0 Å². The number of allylic oxidation sites excluding steroid dienone is 1. The lowest BCUT2D eigenvalue weighted by Gasteiger charge is -2.23. The zero-order chi connectivity index (χ0) is 10.8. The van der Waals surface area contributed by atoms with Crippen LogP contribution in [0.25, 0.3) is 0 Å². The second-order valence-corrected chi connectivity index (χ2v) is 5.77. The first kappa shape index (κ1) is 10.6. The molecule has 88 valence electrons. The molecule has 3 aliphatic rings. The van der Waals surface area contributed by atoms with E-state index < -0.39 is 0 Å². The molecule has 1 unspecified atom stereocenters. The maximum atomic E-state index is 5.08. The van der Waals surface area contributed by atoms with Gasteiger partial charge in [-0.25, -0.2) is 0 Å². The Kier molecular flexibility index (Phi) is 3.12. The Morgan fingerprint density at radius 1 is 0.938 bits per heavy atom. The van der Waals surface area contributed by atoms with Crippen LogP contribution in [-0.4, -0.2) is 11.8 Å². The lowest BCUT2D eigenvalue weighted by molar-refractivity contribution is 0.485. The van der Waals surface area contributed by atoms with Crippen LogP contribution in [0.3, 0.4) is 0 Å². The van der Waals surface area contributed by atoms with Gasteiger partial charge in [-0.05, 0) is 37.5 Å². The lowest BCUT2D eigenvalue weighted by Crippen LogP contribution is -2.22. The van der Waals surface area contributed by atoms with E-state index in [1.165, 1.54) is 57.1 Å². The molecule has 3 rings (SSSR count). The SMILES string of the molecule is C1=CC(C2CCCC2)N=C(C2CCCC2)C1. The molecule has 0 aromatic carbocycles. The molecule has 1 nitrogen and oxygen atoms in total. The minimum atomic E-state index is 0.548. The Balaban J connectivity index is 1.69. The maximum absolute atomic E-state index is 5.08.